The Labute approximate surface area is 125 Å². The molecule has 19 heavy (non-hydrogen) atoms. The molecule has 0 N–H and O–H groups in total. The quantitative estimate of drug-likeness (QED) is 0.554. The van der Waals surface area contributed by atoms with E-state index in [-0.39, 0.29) is 4.83 Å². The van der Waals surface area contributed by atoms with Gasteiger partial charge in [0.25, 0.3) is 0 Å². The predicted octanol–water partition coefficient (Wildman–Crippen LogP) is 5.76. The summed E-state index contributed by atoms with van der Waals surface area (Å²) in [5.41, 5.74) is 3.31. The molecular weight excluding hydrogens is 324 g/mol. The van der Waals surface area contributed by atoms with Crippen molar-refractivity contribution >= 4 is 38.5 Å². The SMILES string of the molecule is Clc1cccc(CC(Br)c2coc3ccccc23)c1. The van der Waals surface area contributed by atoms with E-state index in [1.54, 1.807) is 0 Å². The molecule has 1 unspecified atom stereocenters. The summed E-state index contributed by atoms with van der Waals surface area (Å²) in [6, 6.07) is 16.0. The zero-order valence-corrected chi connectivity index (χ0v) is 12.5. The number of halogens is 2. The number of benzene rings is 2. The topological polar surface area (TPSA) is 13.1 Å². The molecule has 0 aliphatic carbocycles. The van der Waals surface area contributed by atoms with Crippen molar-refractivity contribution in [3.63, 3.8) is 0 Å². The minimum absolute atomic E-state index is 0.217. The molecule has 2 aromatic carbocycles. The average Bonchev–Trinajstić information content (AvgIpc) is 2.82. The summed E-state index contributed by atoms with van der Waals surface area (Å²) in [5.74, 6) is 0. The summed E-state index contributed by atoms with van der Waals surface area (Å²) in [7, 11) is 0. The highest BCUT2D eigenvalue weighted by Crippen LogP contribution is 2.34. The third-order valence-corrected chi connectivity index (χ3v) is 4.20. The molecule has 96 valence electrons. The highest BCUT2D eigenvalue weighted by atomic mass is 79.9. The van der Waals surface area contributed by atoms with Gasteiger partial charge < -0.3 is 4.42 Å². The van der Waals surface area contributed by atoms with Crippen LogP contribution in [0.15, 0.2) is 59.2 Å². The average molecular weight is 336 g/mol. The van der Waals surface area contributed by atoms with E-state index in [9.17, 15) is 0 Å². The van der Waals surface area contributed by atoms with Crippen molar-refractivity contribution in [2.24, 2.45) is 0 Å². The molecule has 0 fully saturated rings. The molecule has 3 aromatic rings. The standard InChI is InChI=1S/C16H12BrClO/c17-15(9-11-4-3-5-12(18)8-11)14-10-19-16-7-2-1-6-13(14)16/h1-8,10,15H,9H2. The number of fused-ring (bicyclic) bond motifs is 1. The van der Waals surface area contributed by atoms with E-state index in [2.05, 4.69) is 28.1 Å². The van der Waals surface area contributed by atoms with Crippen molar-refractivity contribution < 1.29 is 4.42 Å². The Balaban J connectivity index is 1.90. The van der Waals surface area contributed by atoms with E-state index in [4.69, 9.17) is 16.0 Å². The summed E-state index contributed by atoms with van der Waals surface area (Å²) < 4.78 is 5.58. The Morgan fingerprint density at radius 3 is 2.79 bits per heavy atom. The summed E-state index contributed by atoms with van der Waals surface area (Å²) in [6.45, 7) is 0. The maximum absolute atomic E-state index is 6.01. The monoisotopic (exact) mass is 334 g/mol. The Hall–Kier alpha value is -1.25. The van der Waals surface area contributed by atoms with E-state index in [0.717, 1.165) is 22.4 Å². The maximum Gasteiger partial charge on any atom is 0.134 e. The second-order valence-corrected chi connectivity index (χ2v) is 6.03. The van der Waals surface area contributed by atoms with Gasteiger partial charge in [0, 0.05) is 20.8 Å². The number of hydrogen-bond donors (Lipinski definition) is 0. The number of furan rings is 1. The van der Waals surface area contributed by atoms with Gasteiger partial charge in [0.15, 0.2) is 0 Å². The van der Waals surface area contributed by atoms with E-state index in [1.165, 1.54) is 11.1 Å². The van der Waals surface area contributed by atoms with Crippen LogP contribution in [0.2, 0.25) is 5.02 Å². The van der Waals surface area contributed by atoms with Crippen LogP contribution in [-0.4, -0.2) is 0 Å². The molecule has 0 spiro atoms. The molecule has 1 nitrogen and oxygen atoms in total. The van der Waals surface area contributed by atoms with Gasteiger partial charge in [-0.15, -0.1) is 0 Å². The summed E-state index contributed by atoms with van der Waals surface area (Å²) >= 11 is 9.76. The summed E-state index contributed by atoms with van der Waals surface area (Å²) in [6.07, 6.45) is 2.71. The van der Waals surface area contributed by atoms with Crippen LogP contribution < -0.4 is 0 Å². The smallest absolute Gasteiger partial charge is 0.134 e. The van der Waals surface area contributed by atoms with Gasteiger partial charge in [0.2, 0.25) is 0 Å². The second kappa shape index (κ2) is 5.40. The van der Waals surface area contributed by atoms with Crippen LogP contribution in [0.3, 0.4) is 0 Å². The number of hydrogen-bond acceptors (Lipinski definition) is 1. The predicted molar refractivity (Wildman–Crippen MR) is 83.0 cm³/mol. The molecule has 0 aliphatic heterocycles. The largest absolute Gasteiger partial charge is 0.464 e. The Kier molecular flexibility index (Phi) is 3.63. The third kappa shape index (κ3) is 2.70. The molecule has 0 aliphatic rings. The highest BCUT2D eigenvalue weighted by Gasteiger charge is 2.14. The lowest BCUT2D eigenvalue weighted by atomic mass is 10.0. The van der Waals surface area contributed by atoms with Crippen LogP contribution in [0.25, 0.3) is 11.0 Å². The fraction of sp³-hybridized carbons (Fsp3) is 0.125. The molecule has 1 aromatic heterocycles. The molecule has 3 heteroatoms. The van der Waals surface area contributed by atoms with Crippen molar-refractivity contribution in [3.8, 4) is 0 Å². The zero-order valence-electron chi connectivity index (χ0n) is 10.1. The van der Waals surface area contributed by atoms with E-state index in [0.29, 0.717) is 0 Å². The van der Waals surface area contributed by atoms with Crippen molar-refractivity contribution in [1.82, 2.24) is 0 Å². The Morgan fingerprint density at radius 2 is 1.95 bits per heavy atom. The lowest BCUT2D eigenvalue weighted by Gasteiger charge is -2.08. The molecule has 0 amide bonds. The molecule has 0 bridgehead atoms. The third-order valence-electron chi connectivity index (χ3n) is 3.15. The van der Waals surface area contributed by atoms with Crippen LogP contribution >= 0.6 is 27.5 Å². The van der Waals surface area contributed by atoms with Crippen LogP contribution in [-0.2, 0) is 6.42 Å². The van der Waals surface area contributed by atoms with Gasteiger partial charge in [-0.1, -0.05) is 57.9 Å². The first-order valence-electron chi connectivity index (χ1n) is 6.08. The normalized spacial score (nSPS) is 12.7. The molecule has 0 radical (unpaired) electrons. The Morgan fingerprint density at radius 1 is 1.11 bits per heavy atom. The molecule has 0 saturated heterocycles. The van der Waals surface area contributed by atoms with Gasteiger partial charge in [-0.3, -0.25) is 0 Å². The first-order valence-corrected chi connectivity index (χ1v) is 7.38. The number of rotatable bonds is 3. The van der Waals surface area contributed by atoms with Gasteiger partial charge >= 0.3 is 0 Å². The fourth-order valence-electron chi connectivity index (χ4n) is 2.22. The molecule has 0 saturated carbocycles. The number of para-hydroxylation sites is 1. The van der Waals surface area contributed by atoms with Gasteiger partial charge in [0.05, 0.1) is 6.26 Å². The highest BCUT2D eigenvalue weighted by molar-refractivity contribution is 9.09. The van der Waals surface area contributed by atoms with Crippen molar-refractivity contribution in [1.29, 1.82) is 0 Å². The lowest BCUT2D eigenvalue weighted by Crippen LogP contribution is -1.94. The van der Waals surface area contributed by atoms with Crippen LogP contribution in [0.4, 0.5) is 0 Å². The molecule has 3 rings (SSSR count). The second-order valence-electron chi connectivity index (χ2n) is 4.49. The maximum atomic E-state index is 6.01. The minimum atomic E-state index is 0.217. The van der Waals surface area contributed by atoms with Crippen molar-refractivity contribution in [3.05, 3.63) is 70.9 Å². The van der Waals surface area contributed by atoms with Crippen molar-refractivity contribution in [2.45, 2.75) is 11.2 Å². The molecular formula is C16H12BrClO. The summed E-state index contributed by atoms with van der Waals surface area (Å²) in [4.78, 5) is 0.217. The van der Waals surface area contributed by atoms with Gasteiger partial charge in [-0.25, -0.2) is 0 Å². The molecule has 1 heterocycles. The summed E-state index contributed by atoms with van der Waals surface area (Å²) in [5, 5.41) is 1.93. The lowest BCUT2D eigenvalue weighted by molar-refractivity contribution is 0.610. The van der Waals surface area contributed by atoms with Crippen LogP contribution in [0, 0.1) is 0 Å². The Bertz CT molecular complexity index is 705. The van der Waals surface area contributed by atoms with E-state index < -0.39 is 0 Å². The fourth-order valence-corrected chi connectivity index (χ4v) is 3.16. The minimum Gasteiger partial charge on any atom is -0.464 e. The van der Waals surface area contributed by atoms with Crippen LogP contribution in [0.1, 0.15) is 16.0 Å². The van der Waals surface area contributed by atoms with Gasteiger partial charge in [0.1, 0.15) is 5.58 Å². The van der Waals surface area contributed by atoms with Gasteiger partial charge in [-0.05, 0) is 30.2 Å². The van der Waals surface area contributed by atoms with E-state index >= 15 is 0 Å². The van der Waals surface area contributed by atoms with Crippen molar-refractivity contribution in [2.75, 3.05) is 0 Å². The molecule has 1 atom stereocenters. The van der Waals surface area contributed by atoms with Gasteiger partial charge in [-0.2, -0.15) is 0 Å². The zero-order chi connectivity index (χ0) is 13.2. The number of alkyl halides is 1. The van der Waals surface area contributed by atoms with Crippen LogP contribution in [0.5, 0.6) is 0 Å². The van der Waals surface area contributed by atoms with E-state index in [1.807, 2.05) is 42.7 Å². The first kappa shape index (κ1) is 12.8. The first-order chi connectivity index (χ1) is 9.24.